The summed E-state index contributed by atoms with van der Waals surface area (Å²) in [6.07, 6.45) is 0.420. The third-order valence-electron chi connectivity index (χ3n) is 6.06. The monoisotopic (exact) mass is 482 g/mol. The summed E-state index contributed by atoms with van der Waals surface area (Å²) in [4.78, 5) is 14.8. The lowest BCUT2D eigenvalue weighted by Gasteiger charge is -2.29. The fourth-order valence-corrected chi connectivity index (χ4v) is 5.01. The molecule has 0 fully saturated rings. The van der Waals surface area contributed by atoms with Gasteiger partial charge < -0.3 is 28.4 Å². The van der Waals surface area contributed by atoms with Crippen molar-refractivity contribution >= 4 is 17.7 Å². The summed E-state index contributed by atoms with van der Waals surface area (Å²) in [5, 5.41) is 9.25. The Labute approximate surface area is 202 Å². The van der Waals surface area contributed by atoms with Gasteiger partial charge in [-0.3, -0.25) is 4.79 Å². The first-order valence-corrected chi connectivity index (χ1v) is 12.0. The predicted molar refractivity (Wildman–Crippen MR) is 126 cm³/mol. The van der Waals surface area contributed by atoms with Crippen LogP contribution in [-0.2, 0) is 24.8 Å². The zero-order valence-corrected chi connectivity index (χ0v) is 20.1. The highest BCUT2D eigenvalue weighted by molar-refractivity contribution is 7.99. The molecule has 1 amide bonds. The number of fused-ring (bicyclic) bond motifs is 2. The van der Waals surface area contributed by atoms with Crippen LogP contribution in [0, 0.1) is 0 Å². The van der Waals surface area contributed by atoms with E-state index in [1.807, 2.05) is 52.9 Å². The second-order valence-corrected chi connectivity index (χ2v) is 9.04. The van der Waals surface area contributed by atoms with Crippen LogP contribution in [0.15, 0.2) is 41.6 Å². The number of carbonyl (C=O) groups is 1. The molecule has 2 aliphatic rings. The standard InChI is InChI=1S/C24H26N4O5S/c1-27-23(21-13-32-17-6-4-5-7-18(17)33-21)25-26-24(27)34-14-22(29)28-9-8-15-10-19(30-2)20(31-3)11-16(15)12-28/h4-7,10-11,21H,8-9,12-14H2,1-3H3/t21-/m0/s1. The van der Waals surface area contributed by atoms with Gasteiger partial charge >= 0.3 is 0 Å². The van der Waals surface area contributed by atoms with Gasteiger partial charge in [0.2, 0.25) is 5.91 Å². The molecule has 1 aromatic heterocycles. The second kappa shape index (κ2) is 9.46. The number of aromatic nitrogens is 3. The molecule has 0 aliphatic carbocycles. The van der Waals surface area contributed by atoms with Crippen LogP contribution in [0.1, 0.15) is 23.1 Å². The van der Waals surface area contributed by atoms with Gasteiger partial charge in [0, 0.05) is 20.1 Å². The van der Waals surface area contributed by atoms with Crippen LogP contribution in [0.25, 0.3) is 0 Å². The number of nitrogens with zero attached hydrogens (tertiary/aromatic N) is 4. The van der Waals surface area contributed by atoms with Crippen molar-refractivity contribution < 1.29 is 23.7 Å². The summed E-state index contributed by atoms with van der Waals surface area (Å²) in [5.41, 5.74) is 2.27. The maximum Gasteiger partial charge on any atom is 0.233 e. The summed E-state index contributed by atoms with van der Waals surface area (Å²) in [6.45, 7) is 1.57. The highest BCUT2D eigenvalue weighted by atomic mass is 32.2. The van der Waals surface area contributed by atoms with Crippen LogP contribution in [0.2, 0.25) is 0 Å². The second-order valence-electron chi connectivity index (χ2n) is 8.09. The molecule has 5 rings (SSSR count). The molecule has 2 aliphatic heterocycles. The van der Waals surface area contributed by atoms with Crippen LogP contribution in [-0.4, -0.2) is 58.7 Å². The molecule has 0 saturated heterocycles. The lowest BCUT2D eigenvalue weighted by molar-refractivity contribution is -0.129. The van der Waals surface area contributed by atoms with E-state index >= 15 is 0 Å². The van der Waals surface area contributed by atoms with Gasteiger partial charge in [-0.15, -0.1) is 10.2 Å². The number of ether oxygens (including phenoxy) is 4. The van der Waals surface area contributed by atoms with Crippen LogP contribution in [0.5, 0.6) is 23.0 Å². The maximum absolute atomic E-state index is 13.0. The van der Waals surface area contributed by atoms with E-state index < -0.39 is 0 Å². The van der Waals surface area contributed by atoms with Crippen molar-refractivity contribution in [3.05, 3.63) is 53.3 Å². The van der Waals surface area contributed by atoms with Crippen LogP contribution < -0.4 is 18.9 Å². The minimum Gasteiger partial charge on any atom is -0.493 e. The molecule has 2 aromatic carbocycles. The normalized spacial score (nSPS) is 16.7. The molecular formula is C24H26N4O5S. The Morgan fingerprint density at radius 2 is 1.85 bits per heavy atom. The smallest absolute Gasteiger partial charge is 0.233 e. The lowest BCUT2D eigenvalue weighted by atomic mass is 9.99. The Bertz CT molecular complexity index is 1210. The largest absolute Gasteiger partial charge is 0.493 e. The lowest BCUT2D eigenvalue weighted by Crippen LogP contribution is -2.37. The molecule has 10 heteroatoms. The van der Waals surface area contributed by atoms with Crippen LogP contribution >= 0.6 is 11.8 Å². The van der Waals surface area contributed by atoms with Crippen molar-refractivity contribution in [3.8, 4) is 23.0 Å². The minimum absolute atomic E-state index is 0.0566. The van der Waals surface area contributed by atoms with Gasteiger partial charge in [0.1, 0.15) is 6.61 Å². The molecule has 0 N–H and O–H groups in total. The van der Waals surface area contributed by atoms with Crippen LogP contribution in [0.3, 0.4) is 0 Å². The minimum atomic E-state index is -0.358. The number of hydrogen-bond donors (Lipinski definition) is 0. The number of thioether (sulfide) groups is 1. The topological polar surface area (TPSA) is 87.9 Å². The van der Waals surface area contributed by atoms with E-state index in [1.54, 1.807) is 14.2 Å². The van der Waals surface area contributed by atoms with Gasteiger partial charge in [-0.05, 0) is 41.8 Å². The summed E-state index contributed by atoms with van der Waals surface area (Å²) >= 11 is 1.37. The zero-order valence-electron chi connectivity index (χ0n) is 19.3. The van der Waals surface area contributed by atoms with Gasteiger partial charge in [0.25, 0.3) is 0 Å². The van der Waals surface area contributed by atoms with Crippen molar-refractivity contribution in [2.45, 2.75) is 24.2 Å². The van der Waals surface area contributed by atoms with Gasteiger partial charge in [0.15, 0.2) is 40.1 Å². The number of rotatable bonds is 6. The number of methoxy groups -OCH3 is 2. The number of amides is 1. The van der Waals surface area contributed by atoms with Crippen molar-refractivity contribution in [2.75, 3.05) is 33.1 Å². The summed E-state index contributed by atoms with van der Waals surface area (Å²) in [6, 6.07) is 11.5. The summed E-state index contributed by atoms with van der Waals surface area (Å²) in [5.74, 6) is 3.79. The Hall–Kier alpha value is -3.40. The van der Waals surface area contributed by atoms with Crippen molar-refractivity contribution in [1.29, 1.82) is 0 Å². The average Bonchev–Trinajstić information content (AvgIpc) is 3.25. The first-order chi connectivity index (χ1) is 16.6. The molecule has 9 nitrogen and oxygen atoms in total. The maximum atomic E-state index is 13.0. The molecule has 178 valence electrons. The summed E-state index contributed by atoms with van der Waals surface area (Å²) < 4.78 is 24.5. The highest BCUT2D eigenvalue weighted by Crippen LogP contribution is 2.36. The predicted octanol–water partition coefficient (Wildman–Crippen LogP) is 3.02. The van der Waals surface area contributed by atoms with Gasteiger partial charge in [-0.1, -0.05) is 23.9 Å². The molecule has 0 radical (unpaired) electrons. The van der Waals surface area contributed by atoms with Crippen LogP contribution in [0.4, 0.5) is 0 Å². The van der Waals surface area contributed by atoms with Gasteiger partial charge in [0.05, 0.1) is 20.0 Å². The Kier molecular flexibility index (Phi) is 6.23. The first-order valence-electron chi connectivity index (χ1n) is 11.0. The molecular weight excluding hydrogens is 456 g/mol. The Balaban J connectivity index is 1.22. The quantitative estimate of drug-likeness (QED) is 0.496. The molecule has 0 unspecified atom stereocenters. The van der Waals surface area contributed by atoms with Gasteiger partial charge in [-0.2, -0.15) is 0 Å². The van der Waals surface area contributed by atoms with Crippen molar-refractivity contribution in [2.24, 2.45) is 7.05 Å². The molecule has 1 atom stereocenters. The van der Waals surface area contributed by atoms with E-state index in [2.05, 4.69) is 10.2 Å². The molecule has 0 saturated carbocycles. The van der Waals surface area contributed by atoms with Crippen molar-refractivity contribution in [3.63, 3.8) is 0 Å². The number of carbonyl (C=O) groups excluding carboxylic acids is 1. The third-order valence-corrected chi connectivity index (χ3v) is 7.07. The SMILES string of the molecule is COc1cc2c(cc1OC)CN(C(=O)CSc1nnc([C@@H]3COc4ccccc4O3)n1C)CC2. The molecule has 0 spiro atoms. The molecule has 3 heterocycles. The van der Waals surface area contributed by atoms with E-state index in [0.717, 1.165) is 17.7 Å². The van der Waals surface area contributed by atoms with E-state index in [4.69, 9.17) is 18.9 Å². The molecule has 0 bridgehead atoms. The van der Waals surface area contributed by atoms with E-state index in [1.165, 1.54) is 17.3 Å². The highest BCUT2D eigenvalue weighted by Gasteiger charge is 2.28. The fourth-order valence-electron chi connectivity index (χ4n) is 4.19. The van der Waals surface area contributed by atoms with E-state index in [0.29, 0.717) is 47.9 Å². The molecule has 3 aromatic rings. The number of hydrogen-bond acceptors (Lipinski definition) is 8. The average molecular weight is 483 g/mol. The third kappa shape index (κ3) is 4.25. The van der Waals surface area contributed by atoms with E-state index in [9.17, 15) is 4.79 Å². The Morgan fingerprint density at radius 1 is 1.12 bits per heavy atom. The summed E-state index contributed by atoms with van der Waals surface area (Å²) in [7, 11) is 5.12. The zero-order chi connectivity index (χ0) is 23.7. The van der Waals surface area contributed by atoms with Crippen molar-refractivity contribution in [1.82, 2.24) is 19.7 Å². The molecule has 34 heavy (non-hydrogen) atoms. The number of para-hydroxylation sites is 2. The Morgan fingerprint density at radius 3 is 2.62 bits per heavy atom. The fraction of sp³-hybridized carbons (Fsp3) is 0.375. The van der Waals surface area contributed by atoms with Gasteiger partial charge in [-0.25, -0.2) is 0 Å². The van der Waals surface area contributed by atoms with E-state index in [-0.39, 0.29) is 17.8 Å². The first kappa shape index (κ1) is 22.4. The number of benzene rings is 2.